The van der Waals surface area contributed by atoms with E-state index in [1.54, 1.807) is 11.6 Å². The molecule has 1 aliphatic heterocycles. The molecule has 0 amide bonds. The van der Waals surface area contributed by atoms with Gasteiger partial charge in [0.15, 0.2) is 0 Å². The van der Waals surface area contributed by atoms with E-state index in [1.807, 2.05) is 6.08 Å². The van der Waals surface area contributed by atoms with Crippen molar-refractivity contribution < 1.29 is 5.11 Å². The van der Waals surface area contributed by atoms with Crippen LogP contribution in [0.2, 0.25) is 0 Å². The van der Waals surface area contributed by atoms with Crippen LogP contribution in [-0.4, -0.2) is 43.5 Å². The Hall–Kier alpha value is -1.40. The van der Waals surface area contributed by atoms with Crippen LogP contribution in [0.25, 0.3) is 0 Å². The van der Waals surface area contributed by atoms with Crippen LogP contribution in [0, 0.1) is 0 Å². The van der Waals surface area contributed by atoms with E-state index >= 15 is 0 Å². The Bertz CT molecular complexity index is 477. The molecule has 100 valence electrons. The summed E-state index contributed by atoms with van der Waals surface area (Å²) >= 11 is 0. The van der Waals surface area contributed by atoms with E-state index in [2.05, 4.69) is 16.6 Å². The van der Waals surface area contributed by atoms with Crippen LogP contribution in [0.5, 0.6) is 0 Å². The van der Waals surface area contributed by atoms with Crippen LogP contribution >= 0.6 is 0 Å². The molecule has 0 saturated heterocycles. The zero-order valence-electron chi connectivity index (χ0n) is 10.7. The fourth-order valence-corrected chi connectivity index (χ4v) is 2.27. The van der Waals surface area contributed by atoms with Gasteiger partial charge in [-0.15, -0.1) is 6.58 Å². The first kappa shape index (κ1) is 13.0. The molecule has 0 aliphatic carbocycles. The first-order chi connectivity index (χ1) is 8.61. The summed E-state index contributed by atoms with van der Waals surface area (Å²) in [6.45, 7) is 6.33. The molecule has 6 heteroatoms. The minimum atomic E-state index is -0.343. The number of aryl methyl sites for hydroxylation is 1. The van der Waals surface area contributed by atoms with Gasteiger partial charge in [-0.25, -0.2) is 9.48 Å². The molecule has 2 heterocycles. The zero-order valence-corrected chi connectivity index (χ0v) is 10.7. The number of hydrogen-bond donors (Lipinski definition) is 1. The van der Waals surface area contributed by atoms with Crippen molar-refractivity contribution in [1.29, 1.82) is 0 Å². The summed E-state index contributed by atoms with van der Waals surface area (Å²) in [6, 6.07) is 0. The highest BCUT2D eigenvalue weighted by atomic mass is 16.3. The molecular formula is C12H20N4O2. The summed E-state index contributed by atoms with van der Waals surface area (Å²) in [5.41, 5.74) is -0.0585. The fourth-order valence-electron chi connectivity index (χ4n) is 2.27. The minimum absolute atomic E-state index is 0.0585. The maximum absolute atomic E-state index is 11.7. The Kier molecular flexibility index (Phi) is 3.98. The Labute approximate surface area is 106 Å². The Morgan fingerprint density at radius 2 is 2.33 bits per heavy atom. The van der Waals surface area contributed by atoms with Crippen molar-refractivity contribution in [1.82, 2.24) is 19.2 Å². The average Bonchev–Trinajstić information content (AvgIpc) is 2.62. The molecule has 1 aliphatic rings. The Morgan fingerprint density at radius 3 is 3.06 bits per heavy atom. The van der Waals surface area contributed by atoms with Crippen molar-refractivity contribution in [2.45, 2.75) is 32.0 Å². The number of fused-ring (bicyclic) bond motifs is 1. The standard InChI is InChI=1S/C12H20N4O2/c1-3-4-5-10(17)8-15-6-7-16-11(9-15)13-14(2)12(16)18/h3,10,17H,1,4-9H2,2H3. The van der Waals surface area contributed by atoms with Gasteiger partial charge >= 0.3 is 5.69 Å². The second-order valence-electron chi connectivity index (χ2n) is 4.73. The first-order valence-corrected chi connectivity index (χ1v) is 6.26. The van der Waals surface area contributed by atoms with E-state index in [1.165, 1.54) is 4.68 Å². The van der Waals surface area contributed by atoms with E-state index < -0.39 is 0 Å². The molecule has 0 spiro atoms. The number of allylic oxidation sites excluding steroid dienone is 1. The quantitative estimate of drug-likeness (QED) is 0.732. The molecule has 1 atom stereocenters. The molecule has 2 rings (SSSR count). The number of hydrogen-bond acceptors (Lipinski definition) is 4. The number of rotatable bonds is 5. The molecule has 1 aromatic heterocycles. The van der Waals surface area contributed by atoms with Crippen molar-refractivity contribution in [2.24, 2.45) is 7.05 Å². The average molecular weight is 252 g/mol. The van der Waals surface area contributed by atoms with Gasteiger partial charge in [-0.05, 0) is 12.8 Å². The maximum Gasteiger partial charge on any atom is 0.345 e. The number of nitrogens with zero attached hydrogens (tertiary/aromatic N) is 4. The number of aliphatic hydroxyl groups excluding tert-OH is 1. The van der Waals surface area contributed by atoms with Gasteiger partial charge in [-0.1, -0.05) is 6.08 Å². The summed E-state index contributed by atoms with van der Waals surface area (Å²) < 4.78 is 3.07. The van der Waals surface area contributed by atoms with Crippen LogP contribution < -0.4 is 5.69 Å². The zero-order chi connectivity index (χ0) is 13.1. The lowest BCUT2D eigenvalue weighted by molar-refractivity contribution is 0.0903. The maximum atomic E-state index is 11.7. The fraction of sp³-hybridized carbons (Fsp3) is 0.667. The van der Waals surface area contributed by atoms with Gasteiger partial charge in [0, 0.05) is 26.7 Å². The second-order valence-corrected chi connectivity index (χ2v) is 4.73. The lowest BCUT2D eigenvalue weighted by atomic mass is 10.2. The normalized spacial score (nSPS) is 17.4. The van der Waals surface area contributed by atoms with Crippen molar-refractivity contribution in [3.05, 3.63) is 29.0 Å². The topological polar surface area (TPSA) is 63.3 Å². The van der Waals surface area contributed by atoms with Gasteiger partial charge in [0.2, 0.25) is 0 Å². The first-order valence-electron chi connectivity index (χ1n) is 6.26. The predicted octanol–water partition coefficient (Wildman–Crippen LogP) is -0.275. The van der Waals surface area contributed by atoms with Crippen molar-refractivity contribution in [2.75, 3.05) is 13.1 Å². The highest BCUT2D eigenvalue weighted by Gasteiger charge is 2.22. The van der Waals surface area contributed by atoms with E-state index in [9.17, 15) is 9.90 Å². The van der Waals surface area contributed by atoms with E-state index in [-0.39, 0.29) is 11.8 Å². The van der Waals surface area contributed by atoms with Gasteiger partial charge in [0.1, 0.15) is 5.82 Å². The smallest absolute Gasteiger partial charge is 0.345 e. The summed E-state index contributed by atoms with van der Waals surface area (Å²) in [5, 5.41) is 14.1. The van der Waals surface area contributed by atoms with Crippen LogP contribution in [0.4, 0.5) is 0 Å². The molecule has 0 aromatic carbocycles. The molecule has 6 nitrogen and oxygen atoms in total. The minimum Gasteiger partial charge on any atom is -0.392 e. The highest BCUT2D eigenvalue weighted by Crippen LogP contribution is 2.09. The van der Waals surface area contributed by atoms with Gasteiger partial charge in [-0.3, -0.25) is 9.47 Å². The third kappa shape index (κ3) is 2.70. The van der Waals surface area contributed by atoms with Gasteiger partial charge < -0.3 is 5.11 Å². The summed E-state index contributed by atoms with van der Waals surface area (Å²) in [6.07, 6.45) is 3.03. The monoisotopic (exact) mass is 252 g/mol. The Balaban J connectivity index is 1.95. The van der Waals surface area contributed by atoms with Crippen LogP contribution in [-0.2, 0) is 20.1 Å². The second kappa shape index (κ2) is 5.49. The number of aromatic nitrogens is 3. The SMILES string of the molecule is C=CCCC(O)CN1CCn2c(nn(C)c2=O)C1. The van der Waals surface area contributed by atoms with Crippen molar-refractivity contribution >= 4 is 0 Å². The molecule has 0 bridgehead atoms. The molecule has 1 unspecified atom stereocenters. The lowest BCUT2D eigenvalue weighted by Gasteiger charge is -2.28. The van der Waals surface area contributed by atoms with Crippen LogP contribution in [0.3, 0.4) is 0 Å². The molecule has 0 saturated carbocycles. The van der Waals surface area contributed by atoms with Crippen molar-refractivity contribution in [3.8, 4) is 0 Å². The molecule has 1 N–H and O–H groups in total. The third-order valence-corrected chi connectivity index (χ3v) is 3.26. The highest BCUT2D eigenvalue weighted by molar-refractivity contribution is 4.92. The van der Waals surface area contributed by atoms with Gasteiger partial charge in [0.25, 0.3) is 0 Å². The van der Waals surface area contributed by atoms with E-state index in [0.29, 0.717) is 19.6 Å². The number of β-amino-alcohol motifs (C(OH)–C–C–N with tert-alkyl or cyclic N) is 1. The largest absolute Gasteiger partial charge is 0.392 e. The van der Waals surface area contributed by atoms with Crippen molar-refractivity contribution in [3.63, 3.8) is 0 Å². The lowest BCUT2D eigenvalue weighted by Crippen LogP contribution is -2.41. The van der Waals surface area contributed by atoms with E-state index in [0.717, 1.165) is 25.2 Å². The van der Waals surface area contributed by atoms with Crippen LogP contribution in [0.15, 0.2) is 17.4 Å². The Morgan fingerprint density at radius 1 is 1.56 bits per heavy atom. The van der Waals surface area contributed by atoms with Gasteiger partial charge in [-0.2, -0.15) is 5.10 Å². The third-order valence-electron chi connectivity index (χ3n) is 3.26. The molecule has 18 heavy (non-hydrogen) atoms. The predicted molar refractivity (Wildman–Crippen MR) is 68.2 cm³/mol. The molecule has 0 radical (unpaired) electrons. The van der Waals surface area contributed by atoms with Crippen LogP contribution in [0.1, 0.15) is 18.7 Å². The summed E-state index contributed by atoms with van der Waals surface area (Å²) in [4.78, 5) is 13.8. The summed E-state index contributed by atoms with van der Waals surface area (Å²) in [5.74, 6) is 0.782. The molecule has 0 fully saturated rings. The summed E-state index contributed by atoms with van der Waals surface area (Å²) in [7, 11) is 1.66. The van der Waals surface area contributed by atoms with Gasteiger partial charge in [0.05, 0.1) is 12.6 Å². The molecular weight excluding hydrogens is 232 g/mol. The van der Waals surface area contributed by atoms with E-state index in [4.69, 9.17) is 0 Å². The number of aliphatic hydroxyl groups is 1. The molecule has 1 aromatic rings.